The van der Waals surface area contributed by atoms with Gasteiger partial charge in [0.05, 0.1) is 19.0 Å². The largest absolute Gasteiger partial charge is 0.490 e. The monoisotopic (exact) mass is 308 g/mol. The molecule has 0 aromatic heterocycles. The van der Waals surface area contributed by atoms with Gasteiger partial charge in [-0.15, -0.1) is 11.8 Å². The van der Waals surface area contributed by atoms with E-state index in [1.54, 1.807) is 0 Å². The zero-order chi connectivity index (χ0) is 14.7. The Hall–Kier alpha value is -1.89. The minimum atomic E-state index is -0.306. The molecule has 1 aromatic carbocycles. The van der Waals surface area contributed by atoms with Crippen molar-refractivity contribution in [3.05, 3.63) is 18.2 Å². The highest BCUT2D eigenvalue weighted by atomic mass is 32.2. The van der Waals surface area contributed by atoms with Gasteiger partial charge in [-0.05, 0) is 18.2 Å². The maximum absolute atomic E-state index is 12.0. The molecule has 2 aliphatic rings. The third-order valence-electron chi connectivity index (χ3n) is 3.24. The Bertz CT molecular complexity index is 564. The number of amides is 3. The van der Waals surface area contributed by atoms with E-state index in [1.807, 2.05) is 18.2 Å². The number of rotatable bonds is 3. The van der Waals surface area contributed by atoms with Gasteiger partial charge >= 0.3 is 6.03 Å². The number of urea groups is 1. The molecule has 0 unspecified atom stereocenters. The summed E-state index contributed by atoms with van der Waals surface area (Å²) < 4.78 is 11.2. The van der Waals surface area contributed by atoms with Gasteiger partial charge in [0.1, 0.15) is 0 Å². The summed E-state index contributed by atoms with van der Waals surface area (Å²) in [5, 5.41) is 2.62. The Balaban J connectivity index is 1.61. The summed E-state index contributed by atoms with van der Waals surface area (Å²) in [4.78, 5) is 25.5. The fourth-order valence-electron chi connectivity index (χ4n) is 2.17. The highest BCUT2D eigenvalue weighted by Gasteiger charge is 2.25. The minimum absolute atomic E-state index is 0.179. The van der Waals surface area contributed by atoms with Crippen LogP contribution in [-0.2, 0) is 4.79 Å². The van der Waals surface area contributed by atoms with Crippen LogP contribution in [0.4, 0.5) is 4.79 Å². The second-order valence-corrected chi connectivity index (χ2v) is 5.77. The number of fused-ring (bicyclic) bond motifs is 1. The number of hydrogen-bond acceptors (Lipinski definition) is 5. The summed E-state index contributed by atoms with van der Waals surface area (Å²) in [5.74, 6) is 1.50. The van der Waals surface area contributed by atoms with Crippen molar-refractivity contribution in [1.82, 2.24) is 10.2 Å². The Morgan fingerprint density at radius 3 is 2.86 bits per heavy atom. The number of benzene rings is 1. The highest BCUT2D eigenvalue weighted by molar-refractivity contribution is 8.00. The first-order chi connectivity index (χ1) is 10.2. The number of nitrogens with zero attached hydrogens (tertiary/aromatic N) is 1. The van der Waals surface area contributed by atoms with Crippen molar-refractivity contribution < 1.29 is 19.1 Å². The van der Waals surface area contributed by atoms with Crippen LogP contribution in [0.15, 0.2) is 23.1 Å². The van der Waals surface area contributed by atoms with Crippen LogP contribution < -0.4 is 14.8 Å². The first kappa shape index (κ1) is 14.1. The van der Waals surface area contributed by atoms with E-state index in [9.17, 15) is 9.59 Å². The lowest BCUT2D eigenvalue weighted by Gasteiger charge is -2.12. The average Bonchev–Trinajstić information content (AvgIpc) is 2.79. The molecule has 3 amide bonds. The predicted molar refractivity (Wildman–Crippen MR) is 77.9 cm³/mol. The number of ether oxygens (including phenoxy) is 2. The first-order valence-corrected chi connectivity index (χ1v) is 7.83. The van der Waals surface area contributed by atoms with E-state index < -0.39 is 0 Å². The van der Waals surface area contributed by atoms with Gasteiger partial charge in [0.2, 0.25) is 5.91 Å². The lowest BCUT2D eigenvalue weighted by atomic mass is 10.3. The molecule has 1 N–H and O–H groups in total. The van der Waals surface area contributed by atoms with Gasteiger partial charge in [0, 0.05) is 24.4 Å². The summed E-state index contributed by atoms with van der Waals surface area (Å²) in [6.45, 7) is 2.26. The summed E-state index contributed by atoms with van der Waals surface area (Å²) in [6.07, 6.45) is 0.861. The standard InChI is InChI=1S/C14H16N2O4S/c17-13(16-5-4-15-14(16)18)9-21-10-2-3-11-12(8-10)20-7-1-6-19-11/h2-3,8H,1,4-7,9H2,(H,15,18). The number of carbonyl (C=O) groups excluding carboxylic acids is 2. The summed E-state index contributed by atoms with van der Waals surface area (Å²) in [7, 11) is 0. The van der Waals surface area contributed by atoms with Crippen LogP contribution in [-0.4, -0.2) is 48.9 Å². The van der Waals surface area contributed by atoms with Crippen LogP contribution in [0.3, 0.4) is 0 Å². The maximum atomic E-state index is 12.0. The number of carbonyl (C=O) groups is 2. The van der Waals surface area contributed by atoms with Gasteiger partial charge in [-0.3, -0.25) is 9.69 Å². The normalized spacial score (nSPS) is 17.3. The molecule has 0 radical (unpaired) electrons. The van der Waals surface area contributed by atoms with Crippen LogP contribution >= 0.6 is 11.8 Å². The molecule has 0 aliphatic carbocycles. The molecule has 21 heavy (non-hydrogen) atoms. The van der Waals surface area contributed by atoms with E-state index in [2.05, 4.69) is 5.32 Å². The van der Waals surface area contributed by atoms with Crippen molar-refractivity contribution in [2.24, 2.45) is 0 Å². The predicted octanol–water partition coefficient (Wildman–Crippen LogP) is 1.49. The molecule has 0 saturated carbocycles. The molecule has 2 heterocycles. The molecule has 7 heteroatoms. The van der Waals surface area contributed by atoms with E-state index >= 15 is 0 Å². The van der Waals surface area contributed by atoms with E-state index in [0.717, 1.165) is 17.1 Å². The smallest absolute Gasteiger partial charge is 0.324 e. The van der Waals surface area contributed by atoms with Crippen LogP contribution in [0.1, 0.15) is 6.42 Å². The third-order valence-corrected chi connectivity index (χ3v) is 4.22. The maximum Gasteiger partial charge on any atom is 0.324 e. The average molecular weight is 308 g/mol. The second-order valence-electron chi connectivity index (χ2n) is 4.72. The number of thioether (sulfide) groups is 1. The Morgan fingerprint density at radius 1 is 1.29 bits per heavy atom. The van der Waals surface area contributed by atoms with E-state index in [4.69, 9.17) is 9.47 Å². The highest BCUT2D eigenvalue weighted by Crippen LogP contribution is 2.33. The van der Waals surface area contributed by atoms with Crippen molar-refractivity contribution in [3.8, 4) is 11.5 Å². The molecular formula is C14H16N2O4S. The molecule has 1 saturated heterocycles. The summed E-state index contributed by atoms with van der Waals surface area (Å²) in [5.41, 5.74) is 0. The minimum Gasteiger partial charge on any atom is -0.490 e. The summed E-state index contributed by atoms with van der Waals surface area (Å²) in [6, 6.07) is 5.33. The van der Waals surface area contributed by atoms with Gasteiger partial charge in [-0.2, -0.15) is 0 Å². The number of hydrogen-bond donors (Lipinski definition) is 1. The van der Waals surface area contributed by atoms with Crippen molar-refractivity contribution >= 4 is 23.7 Å². The fraction of sp³-hybridized carbons (Fsp3) is 0.429. The summed E-state index contributed by atoms with van der Waals surface area (Å²) >= 11 is 1.39. The van der Waals surface area contributed by atoms with Crippen molar-refractivity contribution in [1.29, 1.82) is 0 Å². The SMILES string of the molecule is O=C(CSc1ccc2c(c1)OCCCO2)N1CCNC1=O. The molecule has 6 nitrogen and oxygen atoms in total. The molecule has 0 atom stereocenters. The van der Waals surface area contributed by atoms with E-state index in [1.165, 1.54) is 16.7 Å². The Morgan fingerprint density at radius 2 is 2.10 bits per heavy atom. The lowest BCUT2D eigenvalue weighted by Crippen LogP contribution is -2.35. The number of imide groups is 1. The molecule has 1 fully saturated rings. The quantitative estimate of drug-likeness (QED) is 0.857. The molecule has 0 bridgehead atoms. The van der Waals surface area contributed by atoms with E-state index in [0.29, 0.717) is 32.1 Å². The van der Waals surface area contributed by atoms with Crippen molar-refractivity contribution in [2.75, 3.05) is 32.1 Å². The van der Waals surface area contributed by atoms with Gasteiger partial charge in [-0.1, -0.05) is 0 Å². The molecule has 112 valence electrons. The van der Waals surface area contributed by atoms with Gasteiger partial charge in [0.15, 0.2) is 11.5 Å². The van der Waals surface area contributed by atoms with Crippen LogP contribution in [0, 0.1) is 0 Å². The topological polar surface area (TPSA) is 67.9 Å². The fourth-order valence-corrected chi connectivity index (χ4v) is 2.97. The molecular weight excluding hydrogens is 292 g/mol. The molecule has 1 aromatic rings. The zero-order valence-corrected chi connectivity index (χ0v) is 12.3. The Kier molecular flexibility index (Phi) is 4.19. The van der Waals surface area contributed by atoms with E-state index in [-0.39, 0.29) is 17.7 Å². The van der Waals surface area contributed by atoms with Crippen LogP contribution in [0.5, 0.6) is 11.5 Å². The Labute approximate surface area is 126 Å². The van der Waals surface area contributed by atoms with Crippen LogP contribution in [0.25, 0.3) is 0 Å². The number of nitrogens with one attached hydrogen (secondary N) is 1. The van der Waals surface area contributed by atoms with Crippen LogP contribution in [0.2, 0.25) is 0 Å². The molecule has 0 spiro atoms. The molecule has 2 aliphatic heterocycles. The second kappa shape index (κ2) is 6.26. The van der Waals surface area contributed by atoms with Crippen molar-refractivity contribution in [3.63, 3.8) is 0 Å². The molecule has 3 rings (SSSR count). The lowest BCUT2D eigenvalue weighted by molar-refractivity contribution is -0.124. The first-order valence-electron chi connectivity index (χ1n) is 6.85. The van der Waals surface area contributed by atoms with Gasteiger partial charge < -0.3 is 14.8 Å². The van der Waals surface area contributed by atoms with Crippen molar-refractivity contribution in [2.45, 2.75) is 11.3 Å². The van der Waals surface area contributed by atoms with Gasteiger partial charge in [-0.25, -0.2) is 4.79 Å². The zero-order valence-electron chi connectivity index (χ0n) is 11.5. The third kappa shape index (κ3) is 3.24. The van der Waals surface area contributed by atoms with Gasteiger partial charge in [0.25, 0.3) is 0 Å².